The molecule has 1 saturated heterocycles. The zero-order valence-electron chi connectivity index (χ0n) is 11.2. The molecule has 0 radical (unpaired) electrons. The molecule has 2 rings (SSSR count). The molecule has 1 saturated carbocycles. The standard InChI is InChI=1S/C13H23N3O2.ClH/c14-12(18)13(6-2-1-3-7-13)16-11(17)9-10-5-4-8-15-10;/h10,15H,1-9H2,(H2,14,18)(H,16,17);1H. The van der Waals surface area contributed by atoms with Gasteiger partial charge in [-0.05, 0) is 32.2 Å². The summed E-state index contributed by atoms with van der Waals surface area (Å²) < 4.78 is 0. The van der Waals surface area contributed by atoms with Crippen LogP contribution >= 0.6 is 12.4 Å². The smallest absolute Gasteiger partial charge is 0.243 e. The normalized spacial score (nSPS) is 25.4. The molecular weight excluding hydrogens is 266 g/mol. The van der Waals surface area contributed by atoms with Crippen LogP contribution in [0.2, 0.25) is 0 Å². The van der Waals surface area contributed by atoms with Crippen LogP contribution < -0.4 is 16.4 Å². The van der Waals surface area contributed by atoms with Crippen molar-refractivity contribution in [3.8, 4) is 0 Å². The molecule has 5 nitrogen and oxygen atoms in total. The van der Waals surface area contributed by atoms with Crippen LogP contribution in [0.5, 0.6) is 0 Å². The van der Waals surface area contributed by atoms with Gasteiger partial charge in [0.2, 0.25) is 11.8 Å². The first-order chi connectivity index (χ1) is 8.62. The Labute approximate surface area is 120 Å². The van der Waals surface area contributed by atoms with E-state index >= 15 is 0 Å². The molecule has 0 bridgehead atoms. The maximum atomic E-state index is 12.0. The summed E-state index contributed by atoms with van der Waals surface area (Å²) >= 11 is 0. The summed E-state index contributed by atoms with van der Waals surface area (Å²) in [5, 5.41) is 6.19. The molecule has 1 unspecified atom stereocenters. The Morgan fingerprint density at radius 3 is 2.42 bits per heavy atom. The summed E-state index contributed by atoms with van der Waals surface area (Å²) in [6, 6.07) is 0.263. The quantitative estimate of drug-likeness (QED) is 0.717. The van der Waals surface area contributed by atoms with Crippen molar-refractivity contribution in [3.63, 3.8) is 0 Å². The van der Waals surface area contributed by atoms with E-state index in [9.17, 15) is 9.59 Å². The highest BCUT2D eigenvalue weighted by atomic mass is 35.5. The Hall–Kier alpha value is -0.810. The number of carbonyl (C=O) groups excluding carboxylic acids is 2. The molecular formula is C13H24ClN3O2. The van der Waals surface area contributed by atoms with Crippen molar-refractivity contribution < 1.29 is 9.59 Å². The van der Waals surface area contributed by atoms with Gasteiger partial charge >= 0.3 is 0 Å². The van der Waals surface area contributed by atoms with Crippen molar-refractivity contribution in [1.82, 2.24) is 10.6 Å². The predicted molar refractivity (Wildman–Crippen MR) is 76.0 cm³/mol. The van der Waals surface area contributed by atoms with Crippen molar-refractivity contribution in [3.05, 3.63) is 0 Å². The number of rotatable bonds is 4. The highest BCUT2D eigenvalue weighted by molar-refractivity contribution is 5.90. The number of halogens is 1. The predicted octanol–water partition coefficient (Wildman–Crippen LogP) is 0.855. The Bertz CT molecular complexity index is 324. The van der Waals surface area contributed by atoms with Crippen LogP contribution in [-0.4, -0.2) is 29.9 Å². The summed E-state index contributed by atoms with van der Waals surface area (Å²) in [7, 11) is 0. The van der Waals surface area contributed by atoms with Crippen molar-refractivity contribution in [2.24, 2.45) is 5.73 Å². The Kier molecular flexibility index (Phi) is 6.07. The van der Waals surface area contributed by atoms with Crippen molar-refractivity contribution in [1.29, 1.82) is 0 Å². The van der Waals surface area contributed by atoms with E-state index in [0.29, 0.717) is 19.3 Å². The summed E-state index contributed by atoms with van der Waals surface area (Å²) in [6.45, 7) is 0.985. The lowest BCUT2D eigenvalue weighted by atomic mass is 9.81. The highest BCUT2D eigenvalue weighted by Gasteiger charge is 2.39. The monoisotopic (exact) mass is 289 g/mol. The molecule has 0 spiro atoms. The minimum atomic E-state index is -0.784. The second kappa shape index (κ2) is 7.10. The van der Waals surface area contributed by atoms with Gasteiger partial charge in [0.15, 0.2) is 0 Å². The molecule has 2 amide bonds. The van der Waals surface area contributed by atoms with Crippen molar-refractivity contribution in [2.75, 3.05) is 6.54 Å². The number of hydrogen-bond donors (Lipinski definition) is 3. The van der Waals surface area contributed by atoms with Crippen LogP contribution in [0.4, 0.5) is 0 Å². The minimum absolute atomic E-state index is 0. The van der Waals surface area contributed by atoms with Gasteiger partial charge < -0.3 is 16.4 Å². The molecule has 110 valence electrons. The van der Waals surface area contributed by atoms with E-state index in [1.807, 2.05) is 0 Å². The topological polar surface area (TPSA) is 84.2 Å². The van der Waals surface area contributed by atoms with Gasteiger partial charge in [0.05, 0.1) is 0 Å². The fraction of sp³-hybridized carbons (Fsp3) is 0.846. The van der Waals surface area contributed by atoms with Gasteiger partial charge in [-0.15, -0.1) is 12.4 Å². The van der Waals surface area contributed by atoms with Gasteiger partial charge in [0, 0.05) is 12.5 Å². The lowest BCUT2D eigenvalue weighted by molar-refractivity contribution is -0.133. The Morgan fingerprint density at radius 2 is 1.89 bits per heavy atom. The van der Waals surface area contributed by atoms with E-state index in [4.69, 9.17) is 5.73 Å². The number of carbonyl (C=O) groups is 2. The maximum Gasteiger partial charge on any atom is 0.243 e. The molecule has 1 aliphatic heterocycles. The third-order valence-electron chi connectivity index (χ3n) is 4.15. The molecule has 0 aromatic rings. The number of nitrogens with one attached hydrogen (secondary N) is 2. The second-order valence-corrected chi connectivity index (χ2v) is 5.55. The molecule has 6 heteroatoms. The van der Waals surface area contributed by atoms with Crippen LogP contribution in [-0.2, 0) is 9.59 Å². The fourth-order valence-corrected chi connectivity index (χ4v) is 3.06. The van der Waals surface area contributed by atoms with E-state index in [2.05, 4.69) is 10.6 Å². The average molecular weight is 290 g/mol. The van der Waals surface area contributed by atoms with Gasteiger partial charge in [0.1, 0.15) is 5.54 Å². The van der Waals surface area contributed by atoms with Gasteiger partial charge in [-0.1, -0.05) is 19.3 Å². The lowest BCUT2D eigenvalue weighted by Gasteiger charge is -2.35. The average Bonchev–Trinajstić information content (AvgIpc) is 2.82. The highest BCUT2D eigenvalue weighted by Crippen LogP contribution is 2.28. The fourth-order valence-electron chi connectivity index (χ4n) is 3.06. The second-order valence-electron chi connectivity index (χ2n) is 5.55. The van der Waals surface area contributed by atoms with Crippen LogP contribution in [0.3, 0.4) is 0 Å². The van der Waals surface area contributed by atoms with Crippen LogP contribution in [0.25, 0.3) is 0 Å². The molecule has 4 N–H and O–H groups in total. The van der Waals surface area contributed by atoms with E-state index in [1.165, 1.54) is 0 Å². The van der Waals surface area contributed by atoms with Crippen LogP contribution in [0.1, 0.15) is 51.4 Å². The number of amides is 2. The first kappa shape index (κ1) is 16.2. The Balaban J connectivity index is 0.00000180. The lowest BCUT2D eigenvalue weighted by Crippen LogP contribution is -2.58. The zero-order valence-corrected chi connectivity index (χ0v) is 12.1. The van der Waals surface area contributed by atoms with Crippen LogP contribution in [0.15, 0.2) is 0 Å². The number of hydrogen-bond acceptors (Lipinski definition) is 3. The first-order valence-corrected chi connectivity index (χ1v) is 6.97. The van der Waals surface area contributed by atoms with E-state index in [0.717, 1.165) is 38.6 Å². The SMILES string of the molecule is Cl.NC(=O)C1(NC(=O)CC2CCCN2)CCCCC1. The first-order valence-electron chi connectivity index (χ1n) is 6.97. The largest absolute Gasteiger partial charge is 0.368 e. The van der Waals surface area contributed by atoms with Crippen molar-refractivity contribution >= 4 is 24.2 Å². The third kappa shape index (κ3) is 4.08. The summed E-state index contributed by atoms with van der Waals surface area (Å²) in [5.41, 5.74) is 4.71. The minimum Gasteiger partial charge on any atom is -0.368 e. The number of nitrogens with two attached hydrogens (primary N) is 1. The molecule has 0 aromatic carbocycles. The van der Waals surface area contributed by atoms with Gasteiger partial charge in [-0.2, -0.15) is 0 Å². The molecule has 2 aliphatic rings. The zero-order chi connectivity index (χ0) is 13.0. The van der Waals surface area contributed by atoms with E-state index in [-0.39, 0.29) is 30.3 Å². The van der Waals surface area contributed by atoms with Crippen molar-refractivity contribution in [2.45, 2.75) is 62.9 Å². The van der Waals surface area contributed by atoms with Crippen LogP contribution in [0, 0.1) is 0 Å². The Morgan fingerprint density at radius 1 is 1.21 bits per heavy atom. The summed E-state index contributed by atoms with van der Waals surface area (Å²) in [6.07, 6.45) is 7.04. The summed E-state index contributed by atoms with van der Waals surface area (Å²) in [5.74, 6) is -0.426. The molecule has 1 heterocycles. The maximum absolute atomic E-state index is 12.0. The molecule has 2 fully saturated rings. The third-order valence-corrected chi connectivity index (χ3v) is 4.15. The molecule has 1 atom stereocenters. The molecule has 1 aliphatic carbocycles. The van der Waals surface area contributed by atoms with Gasteiger partial charge in [-0.25, -0.2) is 0 Å². The van der Waals surface area contributed by atoms with E-state index in [1.54, 1.807) is 0 Å². The summed E-state index contributed by atoms with van der Waals surface area (Å²) in [4.78, 5) is 23.7. The van der Waals surface area contributed by atoms with Gasteiger partial charge in [-0.3, -0.25) is 9.59 Å². The molecule has 0 aromatic heterocycles. The van der Waals surface area contributed by atoms with E-state index < -0.39 is 5.54 Å². The van der Waals surface area contributed by atoms with Gasteiger partial charge in [0.25, 0.3) is 0 Å². The number of primary amides is 1. The molecule has 19 heavy (non-hydrogen) atoms.